The first-order valence-electron chi connectivity index (χ1n) is 12.1. The van der Waals surface area contributed by atoms with Crippen molar-refractivity contribution >= 4 is 13.8 Å². The van der Waals surface area contributed by atoms with E-state index in [0.717, 1.165) is 38.5 Å². The van der Waals surface area contributed by atoms with E-state index in [4.69, 9.17) is 14.9 Å². The molecule has 0 bridgehead atoms. The minimum absolute atomic E-state index is 0.136. The predicted octanol–water partition coefficient (Wildman–Crippen LogP) is 6.50. The Morgan fingerprint density at radius 1 is 0.774 bits per heavy atom. The van der Waals surface area contributed by atoms with Gasteiger partial charge in [-0.25, -0.2) is 4.57 Å². The van der Waals surface area contributed by atoms with Crippen molar-refractivity contribution in [3.63, 3.8) is 0 Å². The lowest BCUT2D eigenvalue weighted by atomic mass is 10.0. The van der Waals surface area contributed by atoms with Gasteiger partial charge in [-0.2, -0.15) is 9.78 Å². The van der Waals surface area contributed by atoms with Gasteiger partial charge in [0.15, 0.2) is 0 Å². The number of aliphatic carboxylic acids is 1. The van der Waals surface area contributed by atoms with Crippen LogP contribution in [0, 0.1) is 0 Å². The molecule has 31 heavy (non-hydrogen) atoms. The fourth-order valence-electron chi connectivity index (χ4n) is 3.20. The van der Waals surface area contributed by atoms with E-state index in [9.17, 15) is 9.36 Å². The molecule has 8 nitrogen and oxygen atoms in total. The number of carbonyl (C=O) groups is 1. The van der Waals surface area contributed by atoms with Crippen LogP contribution in [0.25, 0.3) is 0 Å². The zero-order valence-corrected chi connectivity index (χ0v) is 20.2. The van der Waals surface area contributed by atoms with E-state index in [0.29, 0.717) is 12.8 Å². The van der Waals surface area contributed by atoms with Crippen molar-refractivity contribution in [3.05, 3.63) is 0 Å². The van der Waals surface area contributed by atoms with Gasteiger partial charge in [-0.05, 0) is 19.3 Å². The Hall–Kier alpha value is -0.500. The van der Waals surface area contributed by atoms with Crippen molar-refractivity contribution in [1.29, 1.82) is 0 Å². The summed E-state index contributed by atoms with van der Waals surface area (Å²) < 4.78 is 14.8. The van der Waals surface area contributed by atoms with Gasteiger partial charge in [-0.15, -0.1) is 0 Å². The van der Waals surface area contributed by atoms with Gasteiger partial charge in [-0.1, -0.05) is 90.4 Å². The summed E-state index contributed by atoms with van der Waals surface area (Å²) in [4.78, 5) is 36.5. The fraction of sp³-hybridized carbons (Fsp3) is 0.955. The minimum Gasteiger partial charge on any atom is -0.481 e. The molecule has 1 aliphatic rings. The molecule has 1 heterocycles. The van der Waals surface area contributed by atoms with Crippen LogP contribution in [-0.2, 0) is 23.7 Å². The highest BCUT2D eigenvalue weighted by Gasteiger charge is 2.23. The third kappa shape index (κ3) is 29.5. The first kappa shape index (κ1) is 30.5. The number of hydrogen-bond donors (Lipinski definition) is 3. The first-order chi connectivity index (χ1) is 14.8. The van der Waals surface area contributed by atoms with Gasteiger partial charge in [-0.3, -0.25) is 9.32 Å². The molecule has 0 radical (unpaired) electrons. The number of carboxylic acids is 1. The van der Waals surface area contributed by atoms with Crippen LogP contribution in [0.15, 0.2) is 0 Å². The molecule has 0 atom stereocenters. The quantitative estimate of drug-likeness (QED) is 0.0753. The first-order valence-corrected chi connectivity index (χ1v) is 13.6. The summed E-state index contributed by atoms with van der Waals surface area (Å²) in [6.07, 6.45) is 19.7. The van der Waals surface area contributed by atoms with Crippen LogP contribution in [0.3, 0.4) is 0 Å². The Balaban J connectivity index is 0.000000929. The molecule has 1 rings (SSSR count). The van der Waals surface area contributed by atoms with Gasteiger partial charge in [0.25, 0.3) is 0 Å². The molecule has 1 aliphatic heterocycles. The highest BCUT2D eigenvalue weighted by molar-refractivity contribution is 7.46. The predicted molar refractivity (Wildman–Crippen MR) is 120 cm³/mol. The van der Waals surface area contributed by atoms with E-state index in [1.165, 1.54) is 64.2 Å². The van der Waals surface area contributed by atoms with Crippen molar-refractivity contribution in [2.24, 2.45) is 0 Å². The lowest BCUT2D eigenvalue weighted by Gasteiger charge is -2.05. The average molecular weight is 469 g/mol. The molecule has 3 N–H and O–H groups in total. The van der Waals surface area contributed by atoms with E-state index in [1.54, 1.807) is 0 Å². The Bertz CT molecular complexity index is 451. The van der Waals surface area contributed by atoms with Crippen molar-refractivity contribution in [2.45, 2.75) is 129 Å². The SMILES string of the molecule is CCCCCC1OO1.O=C(O)CCCCCCCCCCCCCCCOP(=O)(O)O. The van der Waals surface area contributed by atoms with Gasteiger partial charge in [0.05, 0.1) is 6.61 Å². The lowest BCUT2D eigenvalue weighted by molar-refractivity contribution is -0.137. The maximum absolute atomic E-state index is 10.4. The Labute approximate surface area is 188 Å². The Kier molecular flexibility index (Phi) is 21.0. The standard InChI is InChI=1S/C16H33O6P.C6H12O2/c17-16(18)14-12-10-8-6-4-2-1-3-5-7-9-11-13-15-22-23(19,20)21;1-2-3-4-5-6-7-8-6/h1-15H2,(H,17,18)(H2,19,20,21);6H,2-5H2,1H3. The molecular formula is C22H45O8P. The average Bonchev–Trinajstić information content (AvgIpc) is 3.52. The number of rotatable bonds is 21. The monoisotopic (exact) mass is 468 g/mol. The highest BCUT2D eigenvalue weighted by atomic mass is 31.2. The third-order valence-electron chi connectivity index (χ3n) is 5.07. The number of unbranched alkanes of at least 4 members (excludes halogenated alkanes) is 14. The molecule has 0 aromatic heterocycles. The second-order valence-electron chi connectivity index (χ2n) is 8.18. The van der Waals surface area contributed by atoms with Crippen LogP contribution < -0.4 is 0 Å². The molecule has 186 valence electrons. The molecule has 9 heteroatoms. The van der Waals surface area contributed by atoms with Gasteiger partial charge in [0, 0.05) is 12.8 Å². The molecule has 0 spiro atoms. The third-order valence-corrected chi connectivity index (χ3v) is 5.59. The molecule has 0 saturated carbocycles. The van der Waals surface area contributed by atoms with E-state index in [2.05, 4.69) is 21.2 Å². The minimum atomic E-state index is -4.28. The normalized spacial score (nSPS) is 13.6. The largest absolute Gasteiger partial charge is 0.481 e. The number of hydrogen-bond acceptors (Lipinski definition) is 5. The summed E-state index contributed by atoms with van der Waals surface area (Å²) in [6.45, 7) is 2.32. The van der Waals surface area contributed by atoms with Crippen LogP contribution in [0.1, 0.15) is 122 Å². The molecule has 0 aliphatic carbocycles. The molecule has 0 unspecified atom stereocenters. The van der Waals surface area contributed by atoms with E-state index in [-0.39, 0.29) is 12.9 Å². The maximum Gasteiger partial charge on any atom is 0.469 e. The fourth-order valence-corrected chi connectivity index (χ4v) is 3.57. The molecule has 1 saturated heterocycles. The number of carboxylic acid groups (broad SMARTS) is 1. The lowest BCUT2D eigenvalue weighted by Crippen LogP contribution is -1.93. The molecule has 1 fully saturated rings. The number of phosphoric acid groups is 1. The van der Waals surface area contributed by atoms with Gasteiger partial charge in [0.1, 0.15) is 0 Å². The maximum atomic E-state index is 10.4. The van der Waals surface area contributed by atoms with Gasteiger partial charge in [0.2, 0.25) is 6.29 Å². The zero-order valence-electron chi connectivity index (χ0n) is 19.3. The van der Waals surface area contributed by atoms with E-state index >= 15 is 0 Å². The Morgan fingerprint density at radius 3 is 1.61 bits per heavy atom. The highest BCUT2D eigenvalue weighted by Crippen LogP contribution is 2.35. The van der Waals surface area contributed by atoms with E-state index < -0.39 is 13.8 Å². The van der Waals surface area contributed by atoms with Crippen molar-refractivity contribution in [2.75, 3.05) is 6.61 Å². The van der Waals surface area contributed by atoms with Crippen LogP contribution in [0.4, 0.5) is 0 Å². The Morgan fingerprint density at radius 2 is 1.23 bits per heavy atom. The summed E-state index contributed by atoms with van der Waals surface area (Å²) in [5.41, 5.74) is 0. The van der Waals surface area contributed by atoms with Crippen molar-refractivity contribution in [1.82, 2.24) is 0 Å². The van der Waals surface area contributed by atoms with Crippen molar-refractivity contribution in [3.8, 4) is 0 Å². The second-order valence-corrected chi connectivity index (χ2v) is 9.42. The van der Waals surface area contributed by atoms with Crippen LogP contribution >= 0.6 is 7.82 Å². The topological polar surface area (TPSA) is 129 Å². The van der Waals surface area contributed by atoms with Gasteiger partial charge < -0.3 is 14.9 Å². The van der Waals surface area contributed by atoms with Crippen LogP contribution in [-0.4, -0.2) is 33.8 Å². The second kappa shape index (κ2) is 21.4. The molecule has 0 amide bonds. The summed E-state index contributed by atoms with van der Waals surface area (Å²) in [5.74, 6) is -0.695. The number of phosphoric ester groups is 1. The van der Waals surface area contributed by atoms with Crippen LogP contribution in [0.5, 0.6) is 0 Å². The van der Waals surface area contributed by atoms with E-state index in [1.807, 2.05) is 0 Å². The smallest absolute Gasteiger partial charge is 0.469 e. The molecular weight excluding hydrogens is 423 g/mol. The van der Waals surface area contributed by atoms with Crippen LogP contribution in [0.2, 0.25) is 0 Å². The summed E-state index contributed by atoms with van der Waals surface area (Å²) in [7, 11) is -4.28. The molecule has 0 aromatic rings. The summed E-state index contributed by atoms with van der Waals surface area (Å²) in [5, 5.41) is 8.51. The van der Waals surface area contributed by atoms with Gasteiger partial charge >= 0.3 is 13.8 Å². The molecule has 0 aromatic carbocycles. The van der Waals surface area contributed by atoms with Crippen molar-refractivity contribution < 1.29 is 38.6 Å². The zero-order chi connectivity index (χ0) is 23.2. The summed E-state index contributed by atoms with van der Waals surface area (Å²) in [6, 6.07) is 0. The summed E-state index contributed by atoms with van der Waals surface area (Å²) >= 11 is 0.